The van der Waals surface area contributed by atoms with Gasteiger partial charge >= 0.3 is 4.87 Å². The first kappa shape index (κ1) is 9.18. The van der Waals surface area contributed by atoms with Crippen LogP contribution < -0.4 is 4.87 Å². The number of nitrogens with zero attached hydrogens (tertiary/aromatic N) is 2. The van der Waals surface area contributed by atoms with Gasteiger partial charge in [-0.1, -0.05) is 22.9 Å². The molecule has 2 aromatic heterocycles. The first-order chi connectivity index (χ1) is 6.09. The molecule has 0 unspecified atom stereocenters. The Morgan fingerprint density at radius 1 is 1.69 bits per heavy atom. The second kappa shape index (κ2) is 3.08. The summed E-state index contributed by atoms with van der Waals surface area (Å²) in [6.45, 7) is 0. The van der Waals surface area contributed by atoms with Crippen LogP contribution in [0.15, 0.2) is 15.3 Å². The highest BCUT2D eigenvalue weighted by molar-refractivity contribution is 9.10. The molecule has 2 aromatic rings. The Balaban J connectivity index is 2.97. The van der Waals surface area contributed by atoms with Crippen LogP contribution in [-0.2, 0) is 7.05 Å². The fourth-order valence-electron chi connectivity index (χ4n) is 1.01. The van der Waals surface area contributed by atoms with Crippen LogP contribution >= 0.6 is 38.9 Å². The Kier molecular flexibility index (Phi) is 2.17. The molecule has 6 heteroatoms. The van der Waals surface area contributed by atoms with Crippen LogP contribution in [0.1, 0.15) is 0 Å². The molecule has 0 aromatic carbocycles. The summed E-state index contributed by atoms with van der Waals surface area (Å²) in [6, 6.07) is 1.79. The van der Waals surface area contributed by atoms with Crippen LogP contribution in [0.5, 0.6) is 0 Å². The standard InChI is InChI=1S/C7H4BrClN2OS/c1-11-4-2-3(8)5(9)10-6(4)13-7(11)12/h2H,1H3. The van der Waals surface area contributed by atoms with Gasteiger partial charge in [-0.2, -0.15) is 0 Å². The molecule has 0 bridgehead atoms. The molecule has 0 aliphatic carbocycles. The van der Waals surface area contributed by atoms with Crippen molar-refractivity contribution in [1.82, 2.24) is 9.55 Å². The van der Waals surface area contributed by atoms with Gasteiger partial charge in [-0.05, 0) is 22.0 Å². The number of fused-ring (bicyclic) bond motifs is 1. The molecule has 0 fully saturated rings. The van der Waals surface area contributed by atoms with Gasteiger partial charge in [0, 0.05) is 7.05 Å². The summed E-state index contributed by atoms with van der Waals surface area (Å²) >= 11 is 10.1. The van der Waals surface area contributed by atoms with Gasteiger partial charge in [0.05, 0.1) is 9.99 Å². The van der Waals surface area contributed by atoms with Gasteiger partial charge in [0.25, 0.3) is 0 Å². The van der Waals surface area contributed by atoms with Gasteiger partial charge in [-0.3, -0.25) is 4.79 Å². The zero-order valence-corrected chi connectivity index (χ0v) is 9.70. The Hall–Kier alpha value is -0.390. The molecule has 0 aliphatic rings. The molecule has 3 nitrogen and oxygen atoms in total. The highest BCUT2D eigenvalue weighted by atomic mass is 79.9. The normalized spacial score (nSPS) is 11.0. The fourth-order valence-corrected chi connectivity index (χ4v) is 2.34. The number of rotatable bonds is 0. The Morgan fingerprint density at radius 2 is 2.38 bits per heavy atom. The maximum absolute atomic E-state index is 11.2. The topological polar surface area (TPSA) is 34.9 Å². The van der Waals surface area contributed by atoms with Gasteiger partial charge in [-0.15, -0.1) is 0 Å². The van der Waals surface area contributed by atoms with Crippen LogP contribution in [0.3, 0.4) is 0 Å². The van der Waals surface area contributed by atoms with E-state index in [0.29, 0.717) is 14.5 Å². The van der Waals surface area contributed by atoms with Crippen molar-refractivity contribution in [3.63, 3.8) is 0 Å². The summed E-state index contributed by atoms with van der Waals surface area (Å²) in [4.78, 5) is 16.0. The highest BCUT2D eigenvalue weighted by Gasteiger charge is 2.08. The van der Waals surface area contributed by atoms with E-state index in [0.717, 1.165) is 16.9 Å². The number of aromatic nitrogens is 2. The predicted octanol–water partition coefficient (Wildman–Crippen LogP) is 2.41. The Labute approximate surface area is 91.1 Å². The van der Waals surface area contributed by atoms with Crippen molar-refractivity contribution in [2.75, 3.05) is 0 Å². The van der Waals surface area contributed by atoms with Crippen LogP contribution in [0.25, 0.3) is 10.3 Å². The molecule has 0 atom stereocenters. The maximum atomic E-state index is 11.2. The second-order valence-electron chi connectivity index (χ2n) is 2.51. The van der Waals surface area contributed by atoms with E-state index in [1.165, 1.54) is 0 Å². The Bertz CT molecular complexity index is 533. The lowest BCUT2D eigenvalue weighted by molar-refractivity contribution is 0.937. The van der Waals surface area contributed by atoms with Crippen molar-refractivity contribution in [3.8, 4) is 0 Å². The van der Waals surface area contributed by atoms with Crippen molar-refractivity contribution in [3.05, 3.63) is 25.4 Å². The minimum atomic E-state index is -0.0309. The van der Waals surface area contributed by atoms with Crippen LogP contribution in [-0.4, -0.2) is 9.55 Å². The van der Waals surface area contributed by atoms with Crippen molar-refractivity contribution in [2.45, 2.75) is 0 Å². The van der Waals surface area contributed by atoms with Gasteiger partial charge in [0.1, 0.15) is 9.98 Å². The van der Waals surface area contributed by atoms with Crippen molar-refractivity contribution in [1.29, 1.82) is 0 Å². The van der Waals surface area contributed by atoms with E-state index in [1.807, 2.05) is 0 Å². The summed E-state index contributed by atoms with van der Waals surface area (Å²) < 4.78 is 2.25. The van der Waals surface area contributed by atoms with E-state index >= 15 is 0 Å². The molecule has 13 heavy (non-hydrogen) atoms. The molecule has 0 aliphatic heterocycles. The van der Waals surface area contributed by atoms with Crippen molar-refractivity contribution >= 4 is 49.2 Å². The first-order valence-electron chi connectivity index (χ1n) is 3.41. The average molecular weight is 280 g/mol. The van der Waals surface area contributed by atoms with E-state index in [1.54, 1.807) is 17.7 Å². The van der Waals surface area contributed by atoms with E-state index < -0.39 is 0 Å². The summed E-state index contributed by atoms with van der Waals surface area (Å²) in [5.74, 6) is 0. The molecule has 0 radical (unpaired) electrons. The molecule has 2 rings (SSSR count). The summed E-state index contributed by atoms with van der Waals surface area (Å²) in [7, 11) is 1.71. The zero-order chi connectivity index (χ0) is 9.59. The van der Waals surface area contributed by atoms with Crippen LogP contribution in [0.2, 0.25) is 5.15 Å². The minimum Gasteiger partial charge on any atom is -0.300 e. The number of hydrogen-bond donors (Lipinski definition) is 0. The number of halogens is 2. The lowest BCUT2D eigenvalue weighted by atomic mass is 10.4. The lowest BCUT2D eigenvalue weighted by Gasteiger charge is -1.96. The van der Waals surface area contributed by atoms with E-state index in [-0.39, 0.29) is 4.87 Å². The lowest BCUT2D eigenvalue weighted by Crippen LogP contribution is -2.06. The quantitative estimate of drug-likeness (QED) is 0.694. The third-order valence-electron chi connectivity index (χ3n) is 1.70. The van der Waals surface area contributed by atoms with Crippen LogP contribution in [0, 0.1) is 0 Å². The third-order valence-corrected chi connectivity index (χ3v) is 3.76. The van der Waals surface area contributed by atoms with E-state index in [9.17, 15) is 4.79 Å². The number of pyridine rings is 1. The molecule has 2 heterocycles. The smallest absolute Gasteiger partial charge is 0.300 e. The summed E-state index contributed by atoms with van der Waals surface area (Å²) in [5, 5.41) is 0.384. The minimum absolute atomic E-state index is 0.0309. The Morgan fingerprint density at radius 3 is 3.08 bits per heavy atom. The maximum Gasteiger partial charge on any atom is 0.309 e. The monoisotopic (exact) mass is 278 g/mol. The molecule has 0 saturated heterocycles. The predicted molar refractivity (Wildman–Crippen MR) is 57.6 cm³/mol. The number of aryl methyl sites for hydroxylation is 1. The molecule has 0 saturated carbocycles. The average Bonchev–Trinajstić information content (AvgIpc) is 2.32. The van der Waals surface area contributed by atoms with Crippen molar-refractivity contribution < 1.29 is 0 Å². The second-order valence-corrected chi connectivity index (χ2v) is 4.66. The molecule has 0 amide bonds. The highest BCUT2D eigenvalue weighted by Crippen LogP contribution is 2.25. The summed E-state index contributed by atoms with van der Waals surface area (Å²) in [6.07, 6.45) is 0. The first-order valence-corrected chi connectivity index (χ1v) is 5.40. The van der Waals surface area contributed by atoms with Gasteiger partial charge in [0.2, 0.25) is 0 Å². The van der Waals surface area contributed by atoms with Gasteiger partial charge in [-0.25, -0.2) is 4.98 Å². The van der Waals surface area contributed by atoms with E-state index in [4.69, 9.17) is 11.6 Å². The van der Waals surface area contributed by atoms with Gasteiger partial charge < -0.3 is 4.57 Å². The van der Waals surface area contributed by atoms with Crippen LogP contribution in [0.4, 0.5) is 0 Å². The summed E-state index contributed by atoms with van der Waals surface area (Å²) in [5.41, 5.74) is 0.797. The SMILES string of the molecule is Cn1c(=O)sc2nc(Cl)c(Br)cc21. The fraction of sp³-hybridized carbons (Fsp3) is 0.143. The van der Waals surface area contributed by atoms with Crippen molar-refractivity contribution in [2.24, 2.45) is 7.05 Å². The molecule has 0 spiro atoms. The molecule has 68 valence electrons. The largest absolute Gasteiger partial charge is 0.309 e. The van der Waals surface area contributed by atoms with Gasteiger partial charge in [0.15, 0.2) is 0 Å². The molecule has 0 N–H and O–H groups in total. The number of thiazole rings is 1. The molecular formula is C7H4BrClN2OS. The number of hydrogen-bond acceptors (Lipinski definition) is 3. The van der Waals surface area contributed by atoms with E-state index in [2.05, 4.69) is 20.9 Å². The third kappa shape index (κ3) is 1.41. The molecular weight excluding hydrogens is 276 g/mol. The zero-order valence-electron chi connectivity index (χ0n) is 6.54.